The van der Waals surface area contributed by atoms with Crippen molar-refractivity contribution < 1.29 is 4.79 Å². The van der Waals surface area contributed by atoms with Gasteiger partial charge < -0.3 is 5.32 Å². The molecule has 3 atom stereocenters. The van der Waals surface area contributed by atoms with Gasteiger partial charge in [0.15, 0.2) is 0 Å². The van der Waals surface area contributed by atoms with Gasteiger partial charge in [-0.3, -0.25) is 4.79 Å². The van der Waals surface area contributed by atoms with Gasteiger partial charge in [-0.2, -0.15) is 11.8 Å². The maximum atomic E-state index is 11.9. The van der Waals surface area contributed by atoms with E-state index in [9.17, 15) is 4.79 Å². The Bertz CT molecular complexity index is 231. The minimum atomic E-state index is 0.150. The molecule has 1 heterocycles. The molecular formula is C11H18ClNOS. The fraction of sp³-hybridized carbons (Fsp3) is 0.909. The molecule has 0 aromatic rings. The van der Waals surface area contributed by atoms with Gasteiger partial charge in [0, 0.05) is 17.7 Å². The molecule has 1 saturated carbocycles. The van der Waals surface area contributed by atoms with Crippen molar-refractivity contribution in [2.24, 2.45) is 5.92 Å². The molecule has 2 rings (SSSR count). The van der Waals surface area contributed by atoms with Crippen LogP contribution < -0.4 is 5.32 Å². The zero-order valence-electron chi connectivity index (χ0n) is 8.88. The molecular weight excluding hydrogens is 230 g/mol. The molecule has 1 saturated heterocycles. The largest absolute Gasteiger partial charge is 0.352 e. The van der Waals surface area contributed by atoms with Crippen molar-refractivity contribution in [3.05, 3.63) is 0 Å². The highest BCUT2D eigenvalue weighted by Gasteiger charge is 2.29. The third kappa shape index (κ3) is 3.04. The summed E-state index contributed by atoms with van der Waals surface area (Å²) in [5.74, 6) is 2.59. The summed E-state index contributed by atoms with van der Waals surface area (Å²) in [5, 5.41) is 3.28. The van der Waals surface area contributed by atoms with E-state index in [1.807, 2.05) is 11.8 Å². The van der Waals surface area contributed by atoms with Crippen molar-refractivity contribution >= 4 is 29.3 Å². The summed E-state index contributed by atoms with van der Waals surface area (Å²) in [6, 6.07) is 0.221. The van der Waals surface area contributed by atoms with Crippen LogP contribution in [0, 0.1) is 5.92 Å². The van der Waals surface area contributed by atoms with Crippen molar-refractivity contribution in [2.75, 3.05) is 11.5 Å². The molecule has 2 aliphatic rings. The van der Waals surface area contributed by atoms with Gasteiger partial charge in [0.25, 0.3) is 0 Å². The van der Waals surface area contributed by atoms with Gasteiger partial charge in [-0.05, 0) is 25.0 Å². The standard InChI is InChI=1S/C11H18ClNOS/c12-9-3-1-2-4-10(9)13-11(14)8-5-6-15-7-8/h8-10H,1-7H2,(H,13,14). The van der Waals surface area contributed by atoms with Crippen LogP contribution in [0.2, 0.25) is 0 Å². The van der Waals surface area contributed by atoms with Gasteiger partial charge in [-0.25, -0.2) is 0 Å². The number of carbonyl (C=O) groups is 1. The molecule has 1 amide bonds. The Morgan fingerprint density at radius 3 is 2.73 bits per heavy atom. The molecule has 1 aliphatic carbocycles. The molecule has 0 spiro atoms. The maximum absolute atomic E-state index is 11.9. The third-order valence-electron chi connectivity index (χ3n) is 3.31. The quantitative estimate of drug-likeness (QED) is 0.760. The monoisotopic (exact) mass is 247 g/mol. The zero-order chi connectivity index (χ0) is 10.7. The second-order valence-electron chi connectivity index (χ2n) is 4.48. The normalized spacial score (nSPS) is 36.5. The van der Waals surface area contributed by atoms with E-state index in [1.165, 1.54) is 12.8 Å². The fourth-order valence-corrected chi connectivity index (χ4v) is 3.85. The summed E-state index contributed by atoms with van der Waals surface area (Å²) >= 11 is 8.09. The first-order chi connectivity index (χ1) is 7.27. The Labute approximate surface area is 101 Å². The van der Waals surface area contributed by atoms with Crippen molar-refractivity contribution in [3.8, 4) is 0 Å². The molecule has 0 radical (unpaired) electrons. The highest BCUT2D eigenvalue weighted by Crippen LogP contribution is 2.26. The molecule has 0 bridgehead atoms. The second kappa shape index (κ2) is 5.44. The topological polar surface area (TPSA) is 29.1 Å². The van der Waals surface area contributed by atoms with E-state index in [0.29, 0.717) is 0 Å². The highest BCUT2D eigenvalue weighted by atomic mass is 35.5. The summed E-state index contributed by atoms with van der Waals surface area (Å²) < 4.78 is 0. The lowest BCUT2D eigenvalue weighted by molar-refractivity contribution is -0.125. The molecule has 4 heteroatoms. The van der Waals surface area contributed by atoms with Gasteiger partial charge in [0.1, 0.15) is 0 Å². The number of hydrogen-bond acceptors (Lipinski definition) is 2. The molecule has 2 nitrogen and oxygen atoms in total. The predicted octanol–water partition coefficient (Wildman–Crippen LogP) is 2.41. The van der Waals surface area contributed by atoms with Crippen LogP contribution in [0.4, 0.5) is 0 Å². The number of alkyl halides is 1. The van der Waals surface area contributed by atoms with E-state index in [4.69, 9.17) is 11.6 Å². The van der Waals surface area contributed by atoms with E-state index < -0.39 is 0 Å². The van der Waals surface area contributed by atoms with Crippen molar-refractivity contribution in [1.29, 1.82) is 0 Å². The number of thioether (sulfide) groups is 1. The SMILES string of the molecule is O=C(NC1CCCCC1Cl)C1CCSC1. The molecule has 86 valence electrons. The van der Waals surface area contributed by atoms with Crippen LogP contribution in [0.3, 0.4) is 0 Å². The Morgan fingerprint density at radius 1 is 1.27 bits per heavy atom. The second-order valence-corrected chi connectivity index (χ2v) is 6.19. The minimum Gasteiger partial charge on any atom is -0.352 e. The van der Waals surface area contributed by atoms with Crippen LogP contribution in [-0.4, -0.2) is 28.8 Å². The Morgan fingerprint density at radius 2 is 2.07 bits per heavy atom. The van der Waals surface area contributed by atoms with E-state index in [-0.39, 0.29) is 23.2 Å². The number of rotatable bonds is 2. The van der Waals surface area contributed by atoms with Crippen LogP contribution in [0.25, 0.3) is 0 Å². The number of carbonyl (C=O) groups excluding carboxylic acids is 1. The lowest BCUT2D eigenvalue weighted by Crippen LogP contribution is -2.45. The van der Waals surface area contributed by atoms with E-state index in [0.717, 1.165) is 30.8 Å². The summed E-state index contributed by atoms with van der Waals surface area (Å²) in [6.07, 6.45) is 5.55. The van der Waals surface area contributed by atoms with Crippen LogP contribution >= 0.6 is 23.4 Å². The number of amides is 1. The lowest BCUT2D eigenvalue weighted by Gasteiger charge is -2.28. The smallest absolute Gasteiger partial charge is 0.224 e. The Hall–Kier alpha value is 0.110. The summed E-state index contributed by atoms with van der Waals surface area (Å²) in [5.41, 5.74) is 0. The van der Waals surface area contributed by atoms with E-state index in [2.05, 4.69) is 5.32 Å². The Balaban J connectivity index is 1.81. The van der Waals surface area contributed by atoms with Crippen molar-refractivity contribution in [3.63, 3.8) is 0 Å². The molecule has 3 unspecified atom stereocenters. The molecule has 2 fully saturated rings. The first-order valence-corrected chi connectivity index (χ1v) is 7.38. The lowest BCUT2D eigenvalue weighted by atomic mass is 9.94. The third-order valence-corrected chi connectivity index (χ3v) is 4.99. The van der Waals surface area contributed by atoms with E-state index >= 15 is 0 Å². The summed E-state index contributed by atoms with van der Waals surface area (Å²) in [4.78, 5) is 11.9. The van der Waals surface area contributed by atoms with Gasteiger partial charge >= 0.3 is 0 Å². The van der Waals surface area contributed by atoms with Crippen molar-refractivity contribution in [1.82, 2.24) is 5.32 Å². The summed E-state index contributed by atoms with van der Waals surface area (Å²) in [6.45, 7) is 0. The predicted molar refractivity (Wildman–Crippen MR) is 65.5 cm³/mol. The molecule has 0 aromatic heterocycles. The summed E-state index contributed by atoms with van der Waals surface area (Å²) in [7, 11) is 0. The number of nitrogens with one attached hydrogen (secondary N) is 1. The first-order valence-electron chi connectivity index (χ1n) is 5.79. The zero-order valence-corrected chi connectivity index (χ0v) is 10.4. The molecule has 0 aromatic carbocycles. The maximum Gasteiger partial charge on any atom is 0.224 e. The van der Waals surface area contributed by atoms with Gasteiger partial charge in [0.2, 0.25) is 5.91 Å². The van der Waals surface area contributed by atoms with Crippen LogP contribution in [-0.2, 0) is 4.79 Å². The van der Waals surface area contributed by atoms with Crippen molar-refractivity contribution in [2.45, 2.75) is 43.5 Å². The minimum absolute atomic E-state index is 0.150. The van der Waals surface area contributed by atoms with E-state index in [1.54, 1.807) is 0 Å². The highest BCUT2D eigenvalue weighted by molar-refractivity contribution is 7.99. The van der Waals surface area contributed by atoms with Gasteiger partial charge in [-0.15, -0.1) is 11.6 Å². The fourth-order valence-electron chi connectivity index (χ4n) is 2.29. The Kier molecular flexibility index (Phi) is 4.21. The molecule has 1 N–H and O–H groups in total. The van der Waals surface area contributed by atoms with Crippen LogP contribution in [0.15, 0.2) is 0 Å². The van der Waals surface area contributed by atoms with Crippen LogP contribution in [0.1, 0.15) is 32.1 Å². The average Bonchev–Trinajstić information content (AvgIpc) is 2.74. The van der Waals surface area contributed by atoms with Gasteiger partial charge in [-0.1, -0.05) is 12.8 Å². The number of hydrogen-bond donors (Lipinski definition) is 1. The van der Waals surface area contributed by atoms with Crippen LogP contribution in [0.5, 0.6) is 0 Å². The first kappa shape index (κ1) is 11.6. The molecule has 1 aliphatic heterocycles. The number of halogens is 1. The van der Waals surface area contributed by atoms with Gasteiger partial charge in [0.05, 0.1) is 5.38 Å². The molecule has 15 heavy (non-hydrogen) atoms. The average molecular weight is 248 g/mol.